The highest BCUT2D eigenvalue weighted by Crippen LogP contribution is 2.32. The molecule has 3 heterocycles. The zero-order chi connectivity index (χ0) is 16.7. The van der Waals surface area contributed by atoms with Crippen LogP contribution in [-0.2, 0) is 6.54 Å². The van der Waals surface area contributed by atoms with Crippen LogP contribution >= 0.6 is 0 Å². The van der Waals surface area contributed by atoms with Gasteiger partial charge in [-0.2, -0.15) is 0 Å². The van der Waals surface area contributed by atoms with Gasteiger partial charge in [-0.25, -0.2) is 14.4 Å². The van der Waals surface area contributed by atoms with E-state index in [4.69, 9.17) is 0 Å². The minimum absolute atomic E-state index is 0.234. The van der Waals surface area contributed by atoms with E-state index in [9.17, 15) is 4.39 Å². The third-order valence-electron chi connectivity index (χ3n) is 4.79. The highest BCUT2D eigenvalue weighted by molar-refractivity contribution is 5.75. The molecule has 0 saturated carbocycles. The van der Waals surface area contributed by atoms with E-state index in [0.29, 0.717) is 6.04 Å². The van der Waals surface area contributed by atoms with Crippen LogP contribution in [0.2, 0.25) is 0 Å². The molecule has 1 aliphatic rings. The van der Waals surface area contributed by atoms with Crippen LogP contribution in [0.4, 0.5) is 4.39 Å². The molecule has 1 saturated heterocycles. The standard InChI is InChI=1S/C18H22FN5/c1-12(2)24-9-7-20-17(24)11-23-8-3-4-16(23)18-21-14-6-5-13(19)10-15(14)22-18/h5-7,9-10,12,16H,3-4,8,11H2,1-2H3,(H,21,22)/t16-/m1/s1. The van der Waals surface area contributed by atoms with Crippen LogP contribution in [0.25, 0.3) is 11.0 Å². The first-order valence-electron chi connectivity index (χ1n) is 8.53. The van der Waals surface area contributed by atoms with E-state index >= 15 is 0 Å². The fourth-order valence-electron chi connectivity index (χ4n) is 3.60. The lowest BCUT2D eigenvalue weighted by molar-refractivity contribution is 0.230. The summed E-state index contributed by atoms with van der Waals surface area (Å²) in [6.45, 7) is 6.17. The van der Waals surface area contributed by atoms with Crippen LogP contribution in [0.15, 0.2) is 30.6 Å². The second kappa shape index (κ2) is 6.02. The molecular weight excluding hydrogens is 305 g/mol. The second-order valence-electron chi connectivity index (χ2n) is 6.76. The number of benzene rings is 1. The SMILES string of the molecule is CC(C)n1ccnc1CN1CCC[C@@H]1c1nc2ccc(F)cc2[nH]1. The lowest BCUT2D eigenvalue weighted by Gasteiger charge is -2.23. The Morgan fingerprint density at radius 3 is 3.08 bits per heavy atom. The van der Waals surface area contributed by atoms with Crippen LogP contribution in [0.5, 0.6) is 0 Å². The average Bonchev–Trinajstić information content (AvgIpc) is 3.25. The lowest BCUT2D eigenvalue weighted by atomic mass is 10.2. The summed E-state index contributed by atoms with van der Waals surface area (Å²) >= 11 is 0. The number of H-pyrrole nitrogens is 1. The molecule has 0 aliphatic carbocycles. The van der Waals surface area contributed by atoms with Gasteiger partial charge in [0.15, 0.2) is 0 Å². The highest BCUT2D eigenvalue weighted by atomic mass is 19.1. The summed E-state index contributed by atoms with van der Waals surface area (Å²) in [5.74, 6) is 1.77. The van der Waals surface area contributed by atoms with E-state index in [0.717, 1.165) is 48.6 Å². The Morgan fingerprint density at radius 1 is 1.38 bits per heavy atom. The van der Waals surface area contributed by atoms with Crippen molar-refractivity contribution in [1.29, 1.82) is 0 Å². The maximum absolute atomic E-state index is 13.4. The molecular formula is C18H22FN5. The largest absolute Gasteiger partial charge is 0.341 e. The van der Waals surface area contributed by atoms with Crippen LogP contribution in [0.3, 0.4) is 0 Å². The number of nitrogens with zero attached hydrogens (tertiary/aromatic N) is 4. The first-order valence-corrected chi connectivity index (χ1v) is 8.53. The van der Waals surface area contributed by atoms with E-state index in [2.05, 4.69) is 38.3 Å². The molecule has 24 heavy (non-hydrogen) atoms. The Balaban J connectivity index is 1.60. The van der Waals surface area contributed by atoms with Crippen molar-refractivity contribution in [3.05, 3.63) is 48.1 Å². The van der Waals surface area contributed by atoms with Gasteiger partial charge in [-0.05, 0) is 51.4 Å². The first kappa shape index (κ1) is 15.3. The minimum Gasteiger partial charge on any atom is -0.341 e. The van der Waals surface area contributed by atoms with Crippen LogP contribution in [0, 0.1) is 5.82 Å². The Labute approximate surface area is 140 Å². The van der Waals surface area contributed by atoms with Crippen LogP contribution in [0.1, 0.15) is 50.4 Å². The van der Waals surface area contributed by atoms with Crippen molar-refractivity contribution in [3.63, 3.8) is 0 Å². The van der Waals surface area contributed by atoms with Crippen LogP contribution < -0.4 is 0 Å². The molecule has 126 valence electrons. The topological polar surface area (TPSA) is 49.7 Å². The molecule has 6 heteroatoms. The van der Waals surface area contributed by atoms with E-state index in [1.54, 1.807) is 6.07 Å². The molecule has 0 amide bonds. The smallest absolute Gasteiger partial charge is 0.125 e. The van der Waals surface area contributed by atoms with Gasteiger partial charge in [0.25, 0.3) is 0 Å². The Morgan fingerprint density at radius 2 is 2.25 bits per heavy atom. The first-order chi connectivity index (χ1) is 11.6. The van der Waals surface area contributed by atoms with Crippen LogP contribution in [-0.4, -0.2) is 31.0 Å². The normalized spacial score (nSPS) is 18.9. The third-order valence-corrected chi connectivity index (χ3v) is 4.79. The van der Waals surface area contributed by atoms with E-state index < -0.39 is 0 Å². The maximum atomic E-state index is 13.4. The maximum Gasteiger partial charge on any atom is 0.125 e. The monoisotopic (exact) mass is 327 g/mol. The molecule has 1 atom stereocenters. The van der Waals surface area contributed by atoms with Gasteiger partial charge < -0.3 is 9.55 Å². The van der Waals surface area contributed by atoms with Gasteiger partial charge >= 0.3 is 0 Å². The lowest BCUT2D eigenvalue weighted by Crippen LogP contribution is -2.25. The predicted molar refractivity (Wildman–Crippen MR) is 91.0 cm³/mol. The van der Waals surface area contributed by atoms with E-state index in [1.807, 2.05) is 12.4 Å². The molecule has 3 aromatic rings. The Hall–Kier alpha value is -2.21. The molecule has 4 rings (SSSR count). The fraction of sp³-hybridized carbons (Fsp3) is 0.444. The molecule has 0 unspecified atom stereocenters. The number of hydrogen-bond donors (Lipinski definition) is 1. The number of likely N-dealkylation sites (tertiary alicyclic amines) is 1. The molecule has 1 aromatic carbocycles. The van der Waals surface area contributed by atoms with Gasteiger partial charge in [-0.1, -0.05) is 0 Å². The van der Waals surface area contributed by atoms with E-state index in [-0.39, 0.29) is 11.9 Å². The number of aromatic nitrogens is 4. The average molecular weight is 327 g/mol. The van der Waals surface area contributed by atoms with Gasteiger partial charge in [-0.15, -0.1) is 0 Å². The van der Waals surface area contributed by atoms with E-state index in [1.165, 1.54) is 12.1 Å². The zero-order valence-electron chi connectivity index (χ0n) is 14.0. The van der Waals surface area contributed by atoms with Gasteiger partial charge in [0.05, 0.1) is 23.6 Å². The molecule has 0 bridgehead atoms. The quantitative estimate of drug-likeness (QED) is 0.792. The summed E-state index contributed by atoms with van der Waals surface area (Å²) < 4.78 is 15.6. The number of halogens is 1. The number of aromatic amines is 1. The number of nitrogens with one attached hydrogen (secondary N) is 1. The minimum atomic E-state index is -0.236. The summed E-state index contributed by atoms with van der Waals surface area (Å²) in [5.41, 5.74) is 1.59. The molecule has 1 aliphatic heterocycles. The molecule has 1 fully saturated rings. The molecule has 0 radical (unpaired) electrons. The van der Waals surface area contributed by atoms with Gasteiger partial charge in [0.1, 0.15) is 17.5 Å². The molecule has 2 aromatic heterocycles. The highest BCUT2D eigenvalue weighted by Gasteiger charge is 2.29. The van der Waals surface area contributed by atoms with Crippen molar-refractivity contribution in [1.82, 2.24) is 24.4 Å². The molecule has 1 N–H and O–H groups in total. The number of imidazole rings is 2. The molecule has 0 spiro atoms. The van der Waals surface area contributed by atoms with Crippen molar-refractivity contribution in [3.8, 4) is 0 Å². The summed E-state index contributed by atoms with van der Waals surface area (Å²) in [6.07, 6.45) is 6.10. The predicted octanol–water partition coefficient (Wildman–Crippen LogP) is 3.82. The summed E-state index contributed by atoms with van der Waals surface area (Å²) in [5, 5.41) is 0. The number of rotatable bonds is 4. The zero-order valence-corrected chi connectivity index (χ0v) is 14.0. The van der Waals surface area contributed by atoms with Crippen molar-refractivity contribution in [2.45, 2.75) is 45.3 Å². The fourth-order valence-corrected chi connectivity index (χ4v) is 3.60. The Kier molecular flexibility index (Phi) is 3.84. The van der Waals surface area contributed by atoms with Crippen molar-refractivity contribution >= 4 is 11.0 Å². The van der Waals surface area contributed by atoms with Crippen molar-refractivity contribution in [2.24, 2.45) is 0 Å². The number of fused-ring (bicyclic) bond motifs is 1. The van der Waals surface area contributed by atoms with Crippen molar-refractivity contribution < 1.29 is 4.39 Å². The summed E-state index contributed by atoms with van der Waals surface area (Å²) in [4.78, 5) is 14.9. The Bertz CT molecular complexity index is 850. The number of hydrogen-bond acceptors (Lipinski definition) is 3. The summed E-state index contributed by atoms with van der Waals surface area (Å²) in [6, 6.07) is 5.33. The van der Waals surface area contributed by atoms with Gasteiger partial charge in [0.2, 0.25) is 0 Å². The van der Waals surface area contributed by atoms with Crippen molar-refractivity contribution in [2.75, 3.05) is 6.54 Å². The summed E-state index contributed by atoms with van der Waals surface area (Å²) in [7, 11) is 0. The van der Waals surface area contributed by atoms with Gasteiger partial charge in [-0.3, -0.25) is 4.90 Å². The third kappa shape index (κ3) is 2.71. The second-order valence-corrected chi connectivity index (χ2v) is 6.76. The van der Waals surface area contributed by atoms with Gasteiger partial charge in [0, 0.05) is 18.4 Å². The molecule has 5 nitrogen and oxygen atoms in total.